The lowest BCUT2D eigenvalue weighted by molar-refractivity contribution is -0.142. The standard InChI is InChI=1S/C18H23NO2/c20-17-10-15-7-8-16(11-17)19(15)18(21)14-6-5-12-3-1-2-4-13(12)9-14/h1-4,14-17,20H,5-11H2. The highest BCUT2D eigenvalue weighted by molar-refractivity contribution is 5.80. The lowest BCUT2D eigenvalue weighted by Crippen LogP contribution is -2.50. The first-order chi connectivity index (χ1) is 10.2. The van der Waals surface area contributed by atoms with Crippen LogP contribution in [0.15, 0.2) is 24.3 Å². The largest absolute Gasteiger partial charge is 0.393 e. The highest BCUT2D eigenvalue weighted by atomic mass is 16.3. The van der Waals surface area contributed by atoms with E-state index in [9.17, 15) is 9.90 Å². The fraction of sp³-hybridized carbons (Fsp3) is 0.611. The van der Waals surface area contributed by atoms with Gasteiger partial charge in [-0.05, 0) is 56.1 Å². The fourth-order valence-corrected chi connectivity index (χ4v) is 4.63. The molecule has 4 rings (SSSR count). The van der Waals surface area contributed by atoms with Crippen LogP contribution in [0, 0.1) is 5.92 Å². The summed E-state index contributed by atoms with van der Waals surface area (Å²) >= 11 is 0. The second-order valence-electron chi connectivity index (χ2n) is 6.96. The van der Waals surface area contributed by atoms with Crippen LogP contribution in [0.2, 0.25) is 0 Å². The Labute approximate surface area is 126 Å². The molecule has 3 aliphatic rings. The summed E-state index contributed by atoms with van der Waals surface area (Å²) < 4.78 is 0. The normalized spacial score (nSPS) is 34.6. The maximum atomic E-state index is 13.0. The number of aliphatic hydroxyl groups is 1. The van der Waals surface area contributed by atoms with Crippen LogP contribution >= 0.6 is 0 Å². The van der Waals surface area contributed by atoms with Crippen LogP contribution in [0.5, 0.6) is 0 Å². The quantitative estimate of drug-likeness (QED) is 0.860. The molecule has 3 atom stereocenters. The molecule has 21 heavy (non-hydrogen) atoms. The molecule has 2 fully saturated rings. The van der Waals surface area contributed by atoms with Crippen LogP contribution in [0.3, 0.4) is 0 Å². The molecule has 1 N–H and O–H groups in total. The van der Waals surface area contributed by atoms with E-state index in [0.717, 1.165) is 44.9 Å². The van der Waals surface area contributed by atoms with Gasteiger partial charge in [0, 0.05) is 18.0 Å². The van der Waals surface area contributed by atoms with Crippen molar-refractivity contribution in [3.05, 3.63) is 35.4 Å². The second kappa shape index (κ2) is 5.13. The number of fused-ring (bicyclic) bond motifs is 3. The van der Waals surface area contributed by atoms with Crippen molar-refractivity contribution >= 4 is 5.91 Å². The van der Waals surface area contributed by atoms with Gasteiger partial charge in [-0.15, -0.1) is 0 Å². The minimum absolute atomic E-state index is 0.151. The zero-order valence-electron chi connectivity index (χ0n) is 12.4. The van der Waals surface area contributed by atoms with Crippen molar-refractivity contribution < 1.29 is 9.90 Å². The summed E-state index contributed by atoms with van der Waals surface area (Å²) in [4.78, 5) is 15.1. The van der Waals surface area contributed by atoms with Crippen LogP contribution < -0.4 is 0 Å². The van der Waals surface area contributed by atoms with Gasteiger partial charge in [0.2, 0.25) is 5.91 Å². The smallest absolute Gasteiger partial charge is 0.226 e. The number of aryl methyl sites for hydroxylation is 1. The predicted octanol–water partition coefficient (Wildman–Crippen LogP) is 2.31. The fourth-order valence-electron chi connectivity index (χ4n) is 4.63. The Balaban J connectivity index is 1.52. The minimum Gasteiger partial charge on any atom is -0.393 e. The summed E-state index contributed by atoms with van der Waals surface area (Å²) in [5, 5.41) is 9.89. The molecular weight excluding hydrogens is 262 g/mol. The van der Waals surface area contributed by atoms with Crippen LogP contribution in [-0.4, -0.2) is 34.1 Å². The van der Waals surface area contributed by atoms with Gasteiger partial charge in [-0.2, -0.15) is 0 Å². The van der Waals surface area contributed by atoms with Crippen molar-refractivity contribution in [1.29, 1.82) is 0 Å². The molecule has 0 spiro atoms. The third kappa shape index (κ3) is 2.28. The molecule has 112 valence electrons. The molecular formula is C18H23NO2. The Bertz CT molecular complexity index is 542. The van der Waals surface area contributed by atoms with Gasteiger partial charge < -0.3 is 10.0 Å². The molecule has 1 aromatic rings. The number of nitrogens with zero attached hydrogens (tertiary/aromatic N) is 1. The second-order valence-corrected chi connectivity index (χ2v) is 6.96. The predicted molar refractivity (Wildman–Crippen MR) is 80.9 cm³/mol. The number of amides is 1. The molecule has 0 saturated carbocycles. The number of rotatable bonds is 1. The zero-order valence-corrected chi connectivity index (χ0v) is 12.4. The number of carbonyl (C=O) groups is 1. The summed E-state index contributed by atoms with van der Waals surface area (Å²) in [7, 11) is 0. The number of aliphatic hydroxyl groups excluding tert-OH is 1. The third-order valence-corrected chi connectivity index (χ3v) is 5.66. The van der Waals surface area contributed by atoms with E-state index in [-0.39, 0.29) is 12.0 Å². The average Bonchev–Trinajstić information content (AvgIpc) is 2.78. The van der Waals surface area contributed by atoms with E-state index in [2.05, 4.69) is 29.2 Å². The third-order valence-electron chi connectivity index (χ3n) is 5.66. The molecule has 3 heteroatoms. The number of hydrogen-bond acceptors (Lipinski definition) is 2. The monoisotopic (exact) mass is 285 g/mol. The Morgan fingerprint density at radius 3 is 2.43 bits per heavy atom. The molecule has 3 nitrogen and oxygen atoms in total. The van der Waals surface area contributed by atoms with Gasteiger partial charge in [-0.3, -0.25) is 4.79 Å². The number of carbonyl (C=O) groups excluding carboxylic acids is 1. The van der Waals surface area contributed by atoms with Crippen LogP contribution in [0.4, 0.5) is 0 Å². The van der Waals surface area contributed by atoms with Gasteiger partial charge in [0.25, 0.3) is 0 Å². The molecule has 3 unspecified atom stereocenters. The van der Waals surface area contributed by atoms with E-state index < -0.39 is 0 Å². The van der Waals surface area contributed by atoms with Gasteiger partial charge in [-0.1, -0.05) is 24.3 Å². The van der Waals surface area contributed by atoms with Crippen molar-refractivity contribution in [2.75, 3.05) is 0 Å². The van der Waals surface area contributed by atoms with Gasteiger partial charge in [0.05, 0.1) is 6.10 Å². The molecule has 1 amide bonds. The van der Waals surface area contributed by atoms with Crippen LogP contribution in [0.25, 0.3) is 0 Å². The van der Waals surface area contributed by atoms with Crippen molar-refractivity contribution in [1.82, 2.24) is 4.90 Å². The summed E-state index contributed by atoms with van der Waals surface area (Å²) in [5.74, 6) is 0.502. The lowest BCUT2D eigenvalue weighted by Gasteiger charge is -2.40. The maximum absolute atomic E-state index is 13.0. The molecule has 1 aliphatic carbocycles. The molecule has 1 aromatic carbocycles. The van der Waals surface area contributed by atoms with E-state index in [0.29, 0.717) is 18.0 Å². The summed E-state index contributed by atoms with van der Waals surface area (Å²) in [6.07, 6.45) is 6.43. The maximum Gasteiger partial charge on any atom is 0.226 e. The topological polar surface area (TPSA) is 40.5 Å². The Hall–Kier alpha value is -1.35. The van der Waals surface area contributed by atoms with Crippen molar-refractivity contribution in [2.24, 2.45) is 5.92 Å². The van der Waals surface area contributed by atoms with E-state index >= 15 is 0 Å². The van der Waals surface area contributed by atoms with E-state index in [1.165, 1.54) is 11.1 Å². The Kier molecular flexibility index (Phi) is 3.26. The highest BCUT2D eigenvalue weighted by Gasteiger charge is 2.44. The number of benzene rings is 1. The molecule has 0 radical (unpaired) electrons. The molecule has 2 bridgehead atoms. The first-order valence-electron chi connectivity index (χ1n) is 8.29. The van der Waals surface area contributed by atoms with Gasteiger partial charge in [0.1, 0.15) is 0 Å². The molecule has 2 aliphatic heterocycles. The Morgan fingerprint density at radius 2 is 1.71 bits per heavy atom. The van der Waals surface area contributed by atoms with Crippen molar-refractivity contribution in [2.45, 2.75) is 63.1 Å². The van der Waals surface area contributed by atoms with Gasteiger partial charge in [-0.25, -0.2) is 0 Å². The van der Waals surface area contributed by atoms with Crippen molar-refractivity contribution in [3.63, 3.8) is 0 Å². The molecule has 0 aromatic heterocycles. The zero-order chi connectivity index (χ0) is 14.4. The molecule has 2 heterocycles. The first kappa shape index (κ1) is 13.3. The lowest BCUT2D eigenvalue weighted by atomic mass is 9.82. The molecule has 2 saturated heterocycles. The Morgan fingerprint density at radius 1 is 1.05 bits per heavy atom. The van der Waals surface area contributed by atoms with Crippen LogP contribution in [-0.2, 0) is 17.6 Å². The van der Waals surface area contributed by atoms with Gasteiger partial charge in [0.15, 0.2) is 0 Å². The summed E-state index contributed by atoms with van der Waals surface area (Å²) in [6.45, 7) is 0. The number of hydrogen-bond donors (Lipinski definition) is 1. The van der Waals surface area contributed by atoms with E-state index in [1.807, 2.05) is 0 Å². The average molecular weight is 285 g/mol. The van der Waals surface area contributed by atoms with E-state index in [1.54, 1.807) is 0 Å². The van der Waals surface area contributed by atoms with Crippen LogP contribution in [0.1, 0.15) is 43.2 Å². The SMILES string of the molecule is O=C(C1CCc2ccccc2C1)N1C2CCC1CC(O)C2. The van der Waals surface area contributed by atoms with E-state index in [4.69, 9.17) is 0 Å². The van der Waals surface area contributed by atoms with Gasteiger partial charge >= 0.3 is 0 Å². The first-order valence-corrected chi connectivity index (χ1v) is 8.29. The van der Waals surface area contributed by atoms with Crippen molar-refractivity contribution in [3.8, 4) is 0 Å². The summed E-state index contributed by atoms with van der Waals surface area (Å²) in [6, 6.07) is 9.12. The number of piperidine rings is 1. The highest BCUT2D eigenvalue weighted by Crippen LogP contribution is 2.38. The minimum atomic E-state index is -0.196. The summed E-state index contributed by atoms with van der Waals surface area (Å²) in [5.41, 5.74) is 2.77.